The highest BCUT2D eigenvalue weighted by Gasteiger charge is 2.29. The van der Waals surface area contributed by atoms with Crippen molar-refractivity contribution in [2.45, 2.75) is 18.7 Å². The van der Waals surface area contributed by atoms with Crippen LogP contribution in [0.1, 0.15) is 21.8 Å². The second kappa shape index (κ2) is 7.67. The first kappa shape index (κ1) is 19.6. The number of amides is 1. The number of sulfonamides is 1. The zero-order chi connectivity index (χ0) is 19.5. The van der Waals surface area contributed by atoms with Gasteiger partial charge in [0.05, 0.1) is 19.2 Å². The lowest BCUT2D eigenvalue weighted by Gasteiger charge is -2.16. The van der Waals surface area contributed by atoms with Crippen molar-refractivity contribution < 1.29 is 27.3 Å². The fourth-order valence-corrected chi connectivity index (χ4v) is 3.74. The highest BCUT2D eigenvalue weighted by atomic mass is 32.2. The van der Waals surface area contributed by atoms with Crippen molar-refractivity contribution in [1.82, 2.24) is 9.46 Å². The van der Waals surface area contributed by atoms with Crippen molar-refractivity contribution in [1.29, 1.82) is 0 Å². The summed E-state index contributed by atoms with van der Waals surface area (Å²) in [5, 5.41) is 6.17. The molecule has 0 saturated heterocycles. The maximum atomic E-state index is 12.6. The number of carbonyl (C=O) groups is 2. The van der Waals surface area contributed by atoms with Crippen LogP contribution in [0.5, 0.6) is 0 Å². The second-order valence-corrected chi connectivity index (χ2v) is 7.52. The van der Waals surface area contributed by atoms with Gasteiger partial charge in [-0.3, -0.25) is 4.79 Å². The standard InChI is InChI=1S/C16H19N3O6S/c1-10-15(11(2)25-18-10)26(22,23)19(3)9-14(20)17-13-7-5-6-12(8-13)16(21)24-4/h5-8H,9H2,1-4H3,(H,17,20). The molecule has 0 atom stereocenters. The molecule has 140 valence electrons. The molecule has 2 aromatic rings. The lowest BCUT2D eigenvalue weighted by Crippen LogP contribution is -2.35. The predicted molar refractivity (Wildman–Crippen MR) is 92.2 cm³/mol. The number of nitrogens with zero attached hydrogens (tertiary/aromatic N) is 2. The van der Waals surface area contributed by atoms with Crippen LogP contribution >= 0.6 is 0 Å². The molecule has 1 aromatic heterocycles. The maximum absolute atomic E-state index is 12.6. The van der Waals surface area contributed by atoms with E-state index >= 15 is 0 Å². The van der Waals surface area contributed by atoms with Gasteiger partial charge in [0.25, 0.3) is 0 Å². The second-order valence-electron chi connectivity index (χ2n) is 5.53. The van der Waals surface area contributed by atoms with E-state index in [1.165, 1.54) is 40.1 Å². The fourth-order valence-electron chi connectivity index (χ4n) is 2.33. The van der Waals surface area contributed by atoms with E-state index in [1.807, 2.05) is 0 Å². The van der Waals surface area contributed by atoms with Gasteiger partial charge in [0.1, 0.15) is 10.6 Å². The summed E-state index contributed by atoms with van der Waals surface area (Å²) < 4.78 is 35.6. The summed E-state index contributed by atoms with van der Waals surface area (Å²) in [6.07, 6.45) is 0. The van der Waals surface area contributed by atoms with Crippen LogP contribution in [0.15, 0.2) is 33.7 Å². The van der Waals surface area contributed by atoms with Gasteiger partial charge in [0.2, 0.25) is 15.9 Å². The first-order valence-corrected chi connectivity index (χ1v) is 8.98. The number of aryl methyl sites for hydroxylation is 2. The summed E-state index contributed by atoms with van der Waals surface area (Å²) in [6, 6.07) is 6.13. The Labute approximate surface area is 151 Å². The Balaban J connectivity index is 2.11. The van der Waals surface area contributed by atoms with E-state index in [9.17, 15) is 18.0 Å². The third-order valence-electron chi connectivity index (χ3n) is 3.57. The minimum Gasteiger partial charge on any atom is -0.465 e. The van der Waals surface area contributed by atoms with Crippen LogP contribution in [0.4, 0.5) is 5.69 Å². The summed E-state index contributed by atoms with van der Waals surface area (Å²) in [4.78, 5) is 23.7. The number of rotatable bonds is 6. The fraction of sp³-hybridized carbons (Fsp3) is 0.312. The number of ether oxygens (including phenoxy) is 1. The van der Waals surface area contributed by atoms with E-state index in [2.05, 4.69) is 15.2 Å². The molecule has 1 aromatic carbocycles. The number of anilines is 1. The summed E-state index contributed by atoms with van der Waals surface area (Å²) in [5.74, 6) is -0.954. The van der Waals surface area contributed by atoms with Gasteiger partial charge >= 0.3 is 5.97 Å². The van der Waals surface area contributed by atoms with Crippen LogP contribution in [-0.4, -0.2) is 50.5 Å². The highest BCUT2D eigenvalue weighted by Crippen LogP contribution is 2.22. The van der Waals surface area contributed by atoms with Crippen LogP contribution in [0.3, 0.4) is 0 Å². The van der Waals surface area contributed by atoms with E-state index < -0.39 is 28.4 Å². The Morgan fingerprint density at radius 1 is 1.31 bits per heavy atom. The molecule has 0 saturated carbocycles. The Hall–Kier alpha value is -2.72. The molecular formula is C16H19N3O6S. The average molecular weight is 381 g/mol. The first-order chi connectivity index (χ1) is 12.2. The van der Waals surface area contributed by atoms with Gasteiger partial charge in [0, 0.05) is 12.7 Å². The number of hydrogen-bond acceptors (Lipinski definition) is 7. The minimum atomic E-state index is -3.93. The zero-order valence-electron chi connectivity index (χ0n) is 14.8. The van der Waals surface area contributed by atoms with E-state index in [4.69, 9.17) is 4.52 Å². The molecule has 1 heterocycles. The molecule has 0 bridgehead atoms. The van der Waals surface area contributed by atoms with E-state index in [-0.39, 0.29) is 21.9 Å². The number of nitrogens with one attached hydrogen (secondary N) is 1. The lowest BCUT2D eigenvalue weighted by atomic mass is 10.2. The summed E-state index contributed by atoms with van der Waals surface area (Å²) in [6.45, 7) is 2.57. The highest BCUT2D eigenvalue weighted by molar-refractivity contribution is 7.89. The van der Waals surface area contributed by atoms with Crippen molar-refractivity contribution in [2.75, 3.05) is 26.0 Å². The molecule has 9 nitrogen and oxygen atoms in total. The Bertz CT molecular complexity index is 916. The maximum Gasteiger partial charge on any atom is 0.337 e. The predicted octanol–water partition coefficient (Wildman–Crippen LogP) is 1.34. The molecule has 0 aliphatic rings. The molecule has 0 unspecified atom stereocenters. The summed E-state index contributed by atoms with van der Waals surface area (Å²) in [7, 11) is -1.39. The molecule has 2 rings (SSSR count). The SMILES string of the molecule is COC(=O)c1cccc(NC(=O)CN(C)S(=O)(=O)c2c(C)noc2C)c1. The molecule has 0 spiro atoms. The number of likely N-dealkylation sites (N-methyl/N-ethyl adjacent to an activating group) is 1. The third-order valence-corrected chi connectivity index (χ3v) is 5.62. The number of benzene rings is 1. The Morgan fingerprint density at radius 3 is 2.58 bits per heavy atom. The Morgan fingerprint density at radius 2 is 2.00 bits per heavy atom. The molecular weight excluding hydrogens is 362 g/mol. The van der Waals surface area contributed by atoms with Crippen LogP contribution in [0.2, 0.25) is 0 Å². The van der Waals surface area contributed by atoms with Crippen LogP contribution in [0, 0.1) is 13.8 Å². The number of carbonyl (C=O) groups excluding carboxylic acids is 2. The van der Waals surface area contributed by atoms with Gasteiger partial charge in [-0.2, -0.15) is 4.31 Å². The lowest BCUT2D eigenvalue weighted by molar-refractivity contribution is -0.116. The largest absolute Gasteiger partial charge is 0.465 e. The quantitative estimate of drug-likeness (QED) is 0.750. The topological polar surface area (TPSA) is 119 Å². The van der Waals surface area contributed by atoms with Gasteiger partial charge in [-0.05, 0) is 32.0 Å². The smallest absolute Gasteiger partial charge is 0.337 e. The Kier molecular flexibility index (Phi) is 5.78. The van der Waals surface area contributed by atoms with Gasteiger partial charge in [-0.15, -0.1) is 0 Å². The zero-order valence-corrected chi connectivity index (χ0v) is 15.6. The number of aromatic nitrogens is 1. The summed E-state index contributed by atoms with van der Waals surface area (Å²) >= 11 is 0. The molecule has 0 fully saturated rings. The van der Waals surface area contributed by atoms with E-state index in [1.54, 1.807) is 12.1 Å². The van der Waals surface area contributed by atoms with Gasteiger partial charge in [-0.1, -0.05) is 11.2 Å². The molecule has 0 radical (unpaired) electrons. The van der Waals surface area contributed by atoms with Crippen LogP contribution in [0.25, 0.3) is 0 Å². The van der Waals surface area contributed by atoms with Crippen molar-refractivity contribution in [3.8, 4) is 0 Å². The molecule has 1 amide bonds. The normalized spacial score (nSPS) is 11.4. The molecule has 26 heavy (non-hydrogen) atoms. The van der Waals surface area contributed by atoms with Crippen molar-refractivity contribution in [3.05, 3.63) is 41.3 Å². The minimum absolute atomic E-state index is 0.0551. The van der Waals surface area contributed by atoms with Gasteiger partial charge in [-0.25, -0.2) is 13.2 Å². The molecule has 1 N–H and O–H groups in total. The van der Waals surface area contributed by atoms with Crippen molar-refractivity contribution in [3.63, 3.8) is 0 Å². The molecule has 0 aliphatic heterocycles. The van der Waals surface area contributed by atoms with E-state index in [0.717, 1.165) is 4.31 Å². The first-order valence-electron chi connectivity index (χ1n) is 7.54. The number of esters is 1. The number of hydrogen-bond donors (Lipinski definition) is 1. The average Bonchev–Trinajstić information content (AvgIpc) is 2.93. The monoisotopic (exact) mass is 381 g/mol. The third kappa shape index (κ3) is 4.09. The van der Waals surface area contributed by atoms with E-state index in [0.29, 0.717) is 5.69 Å². The van der Waals surface area contributed by atoms with Gasteiger partial charge in [0.15, 0.2) is 5.76 Å². The molecule has 0 aliphatic carbocycles. The van der Waals surface area contributed by atoms with Crippen molar-refractivity contribution in [2.24, 2.45) is 0 Å². The van der Waals surface area contributed by atoms with Crippen molar-refractivity contribution >= 4 is 27.6 Å². The number of methoxy groups -OCH3 is 1. The van der Waals surface area contributed by atoms with Crippen LogP contribution in [-0.2, 0) is 19.6 Å². The molecule has 10 heteroatoms. The van der Waals surface area contributed by atoms with Gasteiger partial charge < -0.3 is 14.6 Å². The summed E-state index contributed by atoms with van der Waals surface area (Å²) in [5.41, 5.74) is 0.837. The van der Waals surface area contributed by atoms with Crippen LogP contribution < -0.4 is 5.32 Å².